The number of nitrogens with one attached hydrogen (secondary N) is 2. The van der Waals surface area contributed by atoms with Gasteiger partial charge in [0.25, 0.3) is 5.56 Å². The van der Waals surface area contributed by atoms with Crippen molar-refractivity contribution in [2.24, 2.45) is 4.99 Å². The molecule has 1 aromatic carbocycles. The van der Waals surface area contributed by atoms with Crippen LogP contribution in [0.4, 0.5) is 0 Å². The van der Waals surface area contributed by atoms with E-state index in [0.29, 0.717) is 27.0 Å². The van der Waals surface area contributed by atoms with E-state index in [1.807, 2.05) is 4.98 Å². The summed E-state index contributed by atoms with van der Waals surface area (Å²) < 4.78 is 0. The Balaban J connectivity index is 2.02. The van der Waals surface area contributed by atoms with Crippen molar-refractivity contribution in [3.05, 3.63) is 78.1 Å². The Hall–Kier alpha value is -2.57. The molecule has 2 heterocycles. The Morgan fingerprint density at radius 3 is 2.61 bits per heavy atom. The molecule has 0 amide bonds. The molecule has 0 saturated heterocycles. The van der Waals surface area contributed by atoms with Gasteiger partial charge in [-0.3, -0.25) is 14.8 Å². The zero-order valence-electron chi connectivity index (χ0n) is 11.4. The molecule has 3 rings (SSSR count). The summed E-state index contributed by atoms with van der Waals surface area (Å²) in [6.45, 7) is 0. The number of H-pyrrole nitrogens is 2. The van der Waals surface area contributed by atoms with Gasteiger partial charge in [-0.05, 0) is 36.4 Å². The van der Waals surface area contributed by atoms with Crippen LogP contribution in [0.3, 0.4) is 0 Å². The second kappa shape index (κ2) is 5.91. The lowest BCUT2D eigenvalue weighted by molar-refractivity contribution is 0.447. The summed E-state index contributed by atoms with van der Waals surface area (Å²) >= 11 is 12.0. The standard InChI is InChI=1S/C15H9Cl2N3O3/c16-7-1-3-9(11(17)5-7)12-4-2-8(18-12)6-10-13(21)19-15(23)20-14(10)22/h1-6H,(H3,19,20,21,22,23)/b8-6-. The van der Waals surface area contributed by atoms with Gasteiger partial charge in [-0.25, -0.2) is 9.79 Å². The van der Waals surface area contributed by atoms with E-state index in [-0.39, 0.29) is 5.56 Å². The second-order valence-electron chi connectivity index (χ2n) is 4.69. The number of benzene rings is 1. The van der Waals surface area contributed by atoms with Crippen LogP contribution >= 0.6 is 23.2 Å². The summed E-state index contributed by atoms with van der Waals surface area (Å²) in [5.74, 6) is -0.521. The minimum absolute atomic E-state index is 0.0866. The largest absolute Gasteiger partial charge is 0.494 e. The predicted octanol–water partition coefficient (Wildman–Crippen LogP) is 2.48. The van der Waals surface area contributed by atoms with Gasteiger partial charge >= 0.3 is 5.69 Å². The minimum atomic E-state index is -0.784. The summed E-state index contributed by atoms with van der Waals surface area (Å²) in [5.41, 5.74) is 0.137. The van der Waals surface area contributed by atoms with Crippen molar-refractivity contribution in [1.29, 1.82) is 0 Å². The smallest absolute Gasteiger partial charge is 0.328 e. The first-order valence-corrected chi connectivity index (χ1v) is 7.19. The van der Waals surface area contributed by atoms with E-state index in [0.717, 1.165) is 0 Å². The van der Waals surface area contributed by atoms with Crippen molar-refractivity contribution < 1.29 is 5.11 Å². The van der Waals surface area contributed by atoms with Crippen molar-refractivity contribution in [3.63, 3.8) is 0 Å². The monoisotopic (exact) mass is 349 g/mol. The van der Waals surface area contributed by atoms with Crippen LogP contribution in [-0.4, -0.2) is 20.8 Å². The molecule has 0 spiro atoms. The van der Waals surface area contributed by atoms with Gasteiger partial charge in [-0.2, -0.15) is 0 Å². The van der Waals surface area contributed by atoms with Gasteiger partial charge in [-0.1, -0.05) is 23.2 Å². The molecule has 8 heteroatoms. The topological polar surface area (TPSA) is 98.3 Å². The molecule has 116 valence electrons. The van der Waals surface area contributed by atoms with Gasteiger partial charge in [0.1, 0.15) is 5.56 Å². The van der Waals surface area contributed by atoms with Crippen LogP contribution in [0.25, 0.3) is 6.08 Å². The minimum Gasteiger partial charge on any atom is -0.494 e. The molecule has 1 aliphatic rings. The van der Waals surface area contributed by atoms with Gasteiger partial charge < -0.3 is 5.11 Å². The Kier molecular flexibility index (Phi) is 3.94. The van der Waals surface area contributed by atoms with Crippen LogP contribution in [0.15, 0.2) is 50.6 Å². The number of nitrogens with zero attached hydrogens (tertiary/aromatic N) is 1. The molecule has 0 atom stereocenters. The Morgan fingerprint density at radius 1 is 1.13 bits per heavy atom. The molecule has 0 saturated carbocycles. The van der Waals surface area contributed by atoms with Crippen LogP contribution in [0, 0.1) is 0 Å². The molecule has 1 aromatic heterocycles. The summed E-state index contributed by atoms with van der Waals surface area (Å²) in [6, 6.07) is 5.04. The fourth-order valence-corrected chi connectivity index (χ4v) is 2.58. The highest BCUT2D eigenvalue weighted by Gasteiger charge is 2.13. The summed E-state index contributed by atoms with van der Waals surface area (Å²) in [6.07, 6.45) is 4.74. The van der Waals surface area contributed by atoms with Crippen molar-refractivity contribution in [2.75, 3.05) is 0 Å². The first kappa shape index (κ1) is 15.3. The second-order valence-corrected chi connectivity index (χ2v) is 5.54. The normalized spacial score (nSPS) is 15.2. The van der Waals surface area contributed by atoms with E-state index in [9.17, 15) is 14.7 Å². The quantitative estimate of drug-likeness (QED) is 0.776. The van der Waals surface area contributed by atoms with Crippen molar-refractivity contribution in [3.8, 4) is 5.88 Å². The maximum Gasteiger partial charge on any atom is 0.328 e. The molecule has 0 bridgehead atoms. The van der Waals surface area contributed by atoms with E-state index in [2.05, 4.69) is 9.98 Å². The lowest BCUT2D eigenvalue weighted by Crippen LogP contribution is -2.23. The molecule has 1 aliphatic heterocycles. The van der Waals surface area contributed by atoms with E-state index < -0.39 is 17.1 Å². The van der Waals surface area contributed by atoms with E-state index >= 15 is 0 Å². The van der Waals surface area contributed by atoms with Gasteiger partial charge in [0.2, 0.25) is 5.88 Å². The van der Waals surface area contributed by atoms with Gasteiger partial charge in [-0.15, -0.1) is 0 Å². The van der Waals surface area contributed by atoms with Crippen LogP contribution < -0.4 is 11.2 Å². The van der Waals surface area contributed by atoms with Gasteiger partial charge in [0.15, 0.2) is 0 Å². The molecule has 2 aromatic rings. The number of aromatic amines is 2. The van der Waals surface area contributed by atoms with Crippen LogP contribution in [-0.2, 0) is 0 Å². The first-order chi connectivity index (χ1) is 10.9. The van der Waals surface area contributed by atoms with Gasteiger partial charge in [0.05, 0.1) is 16.4 Å². The van der Waals surface area contributed by atoms with Crippen molar-refractivity contribution in [2.45, 2.75) is 0 Å². The van der Waals surface area contributed by atoms with E-state index in [1.54, 1.807) is 30.4 Å². The maximum atomic E-state index is 11.7. The highest BCUT2D eigenvalue weighted by atomic mass is 35.5. The molecular weight excluding hydrogens is 341 g/mol. The number of halogens is 2. The lowest BCUT2D eigenvalue weighted by atomic mass is 10.1. The van der Waals surface area contributed by atoms with E-state index in [4.69, 9.17) is 23.2 Å². The fraction of sp³-hybridized carbons (Fsp3) is 0. The molecule has 0 aliphatic carbocycles. The highest BCUT2D eigenvalue weighted by Crippen LogP contribution is 2.25. The highest BCUT2D eigenvalue weighted by molar-refractivity contribution is 6.37. The average Bonchev–Trinajstić information content (AvgIpc) is 2.91. The third-order valence-electron chi connectivity index (χ3n) is 3.12. The third-order valence-corrected chi connectivity index (χ3v) is 3.67. The summed E-state index contributed by atoms with van der Waals surface area (Å²) in [5, 5.41) is 10.6. The number of hydrogen-bond acceptors (Lipinski definition) is 4. The summed E-state index contributed by atoms with van der Waals surface area (Å²) in [7, 11) is 0. The van der Waals surface area contributed by atoms with Gasteiger partial charge in [0, 0.05) is 10.6 Å². The predicted molar refractivity (Wildman–Crippen MR) is 89.5 cm³/mol. The van der Waals surface area contributed by atoms with Crippen molar-refractivity contribution in [1.82, 2.24) is 9.97 Å². The molecule has 6 nitrogen and oxygen atoms in total. The lowest BCUT2D eigenvalue weighted by Gasteiger charge is -2.02. The average molecular weight is 350 g/mol. The number of aliphatic imine (C=N–C) groups is 1. The SMILES string of the molecule is O=c1[nH]c(O)c(/C=C2/C=CC(c3ccc(Cl)cc3Cl)=N2)c(=O)[nH]1. The molecular formula is C15H9Cl2N3O3. The zero-order valence-corrected chi connectivity index (χ0v) is 12.9. The first-order valence-electron chi connectivity index (χ1n) is 6.43. The number of allylic oxidation sites excluding steroid dienone is 2. The van der Waals surface area contributed by atoms with Crippen LogP contribution in [0.5, 0.6) is 5.88 Å². The molecule has 0 radical (unpaired) electrons. The molecule has 0 unspecified atom stereocenters. The van der Waals surface area contributed by atoms with Crippen LogP contribution in [0.2, 0.25) is 10.0 Å². The molecule has 3 N–H and O–H groups in total. The Morgan fingerprint density at radius 2 is 1.91 bits per heavy atom. The Bertz CT molecular complexity index is 1000. The number of hydrogen-bond donors (Lipinski definition) is 3. The number of aromatic hydroxyl groups is 1. The number of rotatable bonds is 2. The molecule has 23 heavy (non-hydrogen) atoms. The zero-order chi connectivity index (χ0) is 16.6. The van der Waals surface area contributed by atoms with E-state index in [1.165, 1.54) is 6.08 Å². The summed E-state index contributed by atoms with van der Waals surface area (Å²) in [4.78, 5) is 31.2. The van der Waals surface area contributed by atoms with Crippen molar-refractivity contribution >= 4 is 35.0 Å². The maximum absolute atomic E-state index is 11.7. The molecule has 0 fully saturated rings. The number of aromatic nitrogens is 2. The third kappa shape index (κ3) is 3.13. The fourth-order valence-electron chi connectivity index (χ4n) is 2.07. The Labute approximate surface area is 139 Å². The van der Waals surface area contributed by atoms with Crippen LogP contribution in [0.1, 0.15) is 11.1 Å².